The van der Waals surface area contributed by atoms with Gasteiger partial charge in [-0.05, 0) is 30.7 Å². The molecule has 2 unspecified atom stereocenters. The first kappa shape index (κ1) is 15.4. The Kier molecular flexibility index (Phi) is 5.21. The third-order valence-electron chi connectivity index (χ3n) is 3.25. The highest BCUT2D eigenvalue weighted by Crippen LogP contribution is 2.24. The summed E-state index contributed by atoms with van der Waals surface area (Å²) in [4.78, 5) is 4.57. The van der Waals surface area contributed by atoms with Gasteiger partial charge in [0, 0.05) is 23.7 Å². The SMILES string of the molecule is CC(O)C(N=[N+]=[N-])Nc1ccc(N2CCOCC2)c(F)c1. The number of azide groups is 1. The summed E-state index contributed by atoms with van der Waals surface area (Å²) in [6.45, 7) is 3.96. The molecule has 1 saturated heterocycles. The molecule has 2 N–H and O–H groups in total. The van der Waals surface area contributed by atoms with E-state index in [9.17, 15) is 9.50 Å². The highest BCUT2D eigenvalue weighted by molar-refractivity contribution is 5.57. The van der Waals surface area contributed by atoms with Crippen LogP contribution in [-0.2, 0) is 4.74 Å². The number of halogens is 1. The van der Waals surface area contributed by atoms with Crippen molar-refractivity contribution in [2.75, 3.05) is 36.5 Å². The zero-order chi connectivity index (χ0) is 15.2. The second-order valence-electron chi connectivity index (χ2n) is 4.80. The molecule has 1 aliphatic heterocycles. The van der Waals surface area contributed by atoms with Gasteiger partial charge in [0.2, 0.25) is 0 Å². The van der Waals surface area contributed by atoms with Crippen molar-refractivity contribution < 1.29 is 14.2 Å². The van der Waals surface area contributed by atoms with Gasteiger partial charge in [0.15, 0.2) is 0 Å². The molecule has 21 heavy (non-hydrogen) atoms. The number of nitrogens with zero attached hydrogens (tertiary/aromatic N) is 4. The Morgan fingerprint density at radius 1 is 1.48 bits per heavy atom. The van der Waals surface area contributed by atoms with Gasteiger partial charge in [-0.3, -0.25) is 0 Å². The smallest absolute Gasteiger partial charge is 0.148 e. The van der Waals surface area contributed by atoms with Gasteiger partial charge in [-0.15, -0.1) is 0 Å². The number of hydrogen-bond acceptors (Lipinski definition) is 5. The summed E-state index contributed by atoms with van der Waals surface area (Å²) < 4.78 is 19.4. The lowest BCUT2D eigenvalue weighted by Crippen LogP contribution is -2.36. The van der Waals surface area contributed by atoms with Crippen molar-refractivity contribution in [3.05, 3.63) is 34.5 Å². The van der Waals surface area contributed by atoms with Gasteiger partial charge >= 0.3 is 0 Å². The van der Waals surface area contributed by atoms with E-state index in [0.717, 1.165) is 0 Å². The molecule has 1 heterocycles. The largest absolute Gasteiger partial charge is 0.391 e. The van der Waals surface area contributed by atoms with E-state index >= 15 is 0 Å². The Hall–Kier alpha value is -2.02. The predicted octanol–water partition coefficient (Wildman–Crippen LogP) is 2.09. The van der Waals surface area contributed by atoms with E-state index in [1.54, 1.807) is 12.1 Å². The summed E-state index contributed by atoms with van der Waals surface area (Å²) in [5, 5.41) is 15.7. The zero-order valence-electron chi connectivity index (χ0n) is 11.7. The van der Waals surface area contributed by atoms with Gasteiger partial charge in [-0.2, -0.15) is 0 Å². The second kappa shape index (κ2) is 7.12. The third-order valence-corrected chi connectivity index (χ3v) is 3.25. The van der Waals surface area contributed by atoms with Crippen molar-refractivity contribution in [1.82, 2.24) is 0 Å². The van der Waals surface area contributed by atoms with E-state index < -0.39 is 12.3 Å². The van der Waals surface area contributed by atoms with Crippen molar-refractivity contribution in [2.24, 2.45) is 5.11 Å². The summed E-state index contributed by atoms with van der Waals surface area (Å²) in [5.74, 6) is -0.368. The first-order valence-corrected chi connectivity index (χ1v) is 6.73. The molecule has 1 aromatic carbocycles. The van der Waals surface area contributed by atoms with Crippen LogP contribution < -0.4 is 10.2 Å². The highest BCUT2D eigenvalue weighted by atomic mass is 19.1. The molecule has 0 bridgehead atoms. The molecule has 2 atom stereocenters. The maximum Gasteiger partial charge on any atom is 0.148 e. The fourth-order valence-electron chi connectivity index (χ4n) is 2.13. The van der Waals surface area contributed by atoms with Crippen LogP contribution in [0.15, 0.2) is 23.3 Å². The topological polar surface area (TPSA) is 93.5 Å². The fraction of sp³-hybridized carbons (Fsp3) is 0.538. The van der Waals surface area contributed by atoms with E-state index in [-0.39, 0.29) is 5.82 Å². The van der Waals surface area contributed by atoms with Crippen LogP contribution >= 0.6 is 0 Å². The molecule has 0 radical (unpaired) electrons. The Labute approximate surface area is 121 Å². The molecule has 0 amide bonds. The summed E-state index contributed by atoms with van der Waals surface area (Å²) >= 11 is 0. The van der Waals surface area contributed by atoms with Gasteiger partial charge in [-0.25, -0.2) is 4.39 Å². The Morgan fingerprint density at radius 3 is 2.76 bits per heavy atom. The molecule has 0 spiro atoms. The van der Waals surface area contributed by atoms with Crippen LogP contribution in [0.5, 0.6) is 0 Å². The second-order valence-corrected chi connectivity index (χ2v) is 4.80. The molecule has 1 fully saturated rings. The summed E-state index contributed by atoms with van der Waals surface area (Å²) in [5.41, 5.74) is 9.41. The number of anilines is 2. The number of aliphatic hydroxyl groups excluding tert-OH is 1. The van der Waals surface area contributed by atoms with E-state index in [4.69, 9.17) is 10.3 Å². The average molecular weight is 295 g/mol. The Balaban J connectivity index is 2.12. The number of ether oxygens (including phenoxy) is 1. The van der Waals surface area contributed by atoms with E-state index in [1.807, 2.05) is 4.90 Å². The number of hydrogen-bond donors (Lipinski definition) is 2. The maximum absolute atomic E-state index is 14.2. The molecule has 0 aromatic heterocycles. The van der Waals surface area contributed by atoms with Crippen molar-refractivity contribution in [3.8, 4) is 0 Å². The van der Waals surface area contributed by atoms with Gasteiger partial charge in [0.1, 0.15) is 12.0 Å². The van der Waals surface area contributed by atoms with E-state index in [0.29, 0.717) is 37.7 Å². The number of morpholine rings is 1. The van der Waals surface area contributed by atoms with E-state index in [1.165, 1.54) is 13.0 Å². The van der Waals surface area contributed by atoms with Crippen molar-refractivity contribution in [2.45, 2.75) is 19.2 Å². The summed E-state index contributed by atoms with van der Waals surface area (Å²) in [7, 11) is 0. The molecule has 7 nitrogen and oxygen atoms in total. The predicted molar refractivity (Wildman–Crippen MR) is 77.7 cm³/mol. The van der Waals surface area contributed by atoms with Crippen LogP contribution in [0.25, 0.3) is 10.4 Å². The minimum atomic E-state index is -0.886. The van der Waals surface area contributed by atoms with Crippen molar-refractivity contribution in [3.63, 3.8) is 0 Å². The van der Waals surface area contributed by atoms with Gasteiger partial charge in [-0.1, -0.05) is 5.11 Å². The first-order chi connectivity index (χ1) is 10.1. The van der Waals surface area contributed by atoms with Gasteiger partial charge in [0.25, 0.3) is 0 Å². The molecule has 1 aromatic rings. The molecule has 8 heteroatoms. The highest BCUT2D eigenvalue weighted by Gasteiger charge is 2.17. The van der Waals surface area contributed by atoms with Gasteiger partial charge < -0.3 is 20.1 Å². The van der Waals surface area contributed by atoms with Crippen molar-refractivity contribution >= 4 is 11.4 Å². The number of aliphatic hydroxyl groups is 1. The zero-order valence-corrected chi connectivity index (χ0v) is 11.7. The minimum absolute atomic E-state index is 0.368. The molecule has 0 aliphatic carbocycles. The lowest BCUT2D eigenvalue weighted by Gasteiger charge is -2.29. The van der Waals surface area contributed by atoms with Crippen LogP contribution in [0.1, 0.15) is 6.92 Å². The Morgan fingerprint density at radius 2 is 2.19 bits per heavy atom. The summed E-state index contributed by atoms with van der Waals surface area (Å²) in [6.07, 6.45) is -1.73. The average Bonchev–Trinajstić information content (AvgIpc) is 2.48. The monoisotopic (exact) mass is 295 g/mol. The maximum atomic E-state index is 14.2. The quantitative estimate of drug-likeness (QED) is 0.494. The van der Waals surface area contributed by atoms with E-state index in [2.05, 4.69) is 15.3 Å². The molecule has 0 saturated carbocycles. The molecule has 2 rings (SSSR count). The standard InChI is InChI=1S/C13H18FN5O2/c1-9(20)13(17-18-15)16-10-2-3-12(11(14)8-10)19-4-6-21-7-5-19/h2-3,8-9,13,16,20H,4-7H2,1H3. The van der Waals surface area contributed by atoms with Crippen molar-refractivity contribution in [1.29, 1.82) is 0 Å². The normalized spacial score (nSPS) is 17.8. The Bertz CT molecular complexity index is 527. The first-order valence-electron chi connectivity index (χ1n) is 6.73. The van der Waals surface area contributed by atoms with Crippen LogP contribution in [0.4, 0.5) is 15.8 Å². The van der Waals surface area contributed by atoms with Crippen LogP contribution in [-0.4, -0.2) is 43.7 Å². The molecular formula is C13H18FN5O2. The summed E-state index contributed by atoms with van der Waals surface area (Å²) in [6, 6.07) is 4.68. The van der Waals surface area contributed by atoms with Crippen LogP contribution in [0.2, 0.25) is 0 Å². The molecule has 1 aliphatic rings. The molecule has 114 valence electrons. The lowest BCUT2D eigenvalue weighted by molar-refractivity contribution is 0.122. The number of benzene rings is 1. The number of nitrogens with one attached hydrogen (secondary N) is 1. The van der Waals surface area contributed by atoms with Gasteiger partial charge in [0.05, 0.1) is 25.0 Å². The fourth-order valence-corrected chi connectivity index (χ4v) is 2.13. The number of rotatable bonds is 5. The van der Waals surface area contributed by atoms with Crippen LogP contribution in [0.3, 0.4) is 0 Å². The van der Waals surface area contributed by atoms with Crippen LogP contribution in [0, 0.1) is 5.82 Å². The third kappa shape index (κ3) is 3.98. The minimum Gasteiger partial charge on any atom is -0.391 e. The molecular weight excluding hydrogens is 277 g/mol. The lowest BCUT2D eigenvalue weighted by atomic mass is 10.2.